The Morgan fingerprint density at radius 3 is 2.71 bits per heavy atom. The molecule has 4 rings (SSSR count). The fourth-order valence-electron chi connectivity index (χ4n) is 3.83. The molecule has 168 valence electrons. The van der Waals surface area contributed by atoms with E-state index in [1.165, 1.54) is 11.8 Å². The van der Waals surface area contributed by atoms with Gasteiger partial charge in [0.05, 0.1) is 22.6 Å². The van der Waals surface area contributed by atoms with Gasteiger partial charge in [-0.15, -0.1) is 35.3 Å². The van der Waals surface area contributed by atoms with Crippen molar-refractivity contribution < 1.29 is 20.1 Å². The third-order valence-electron chi connectivity index (χ3n) is 5.96. The molecule has 0 aliphatic carbocycles. The van der Waals surface area contributed by atoms with E-state index in [1.807, 2.05) is 26.0 Å². The first kappa shape index (κ1) is 23.0. The van der Waals surface area contributed by atoms with Gasteiger partial charge in [0, 0.05) is 34.3 Å². The van der Waals surface area contributed by atoms with Gasteiger partial charge in [0.25, 0.3) is 0 Å². The number of carboxylic acid groups (broad SMARTS) is 1. The number of hydrogen-bond donors (Lipinski definition) is 4. The van der Waals surface area contributed by atoms with Crippen molar-refractivity contribution in [2.75, 3.05) is 17.3 Å². The number of carbonyl (C=O) groups is 1. The SMILES string of the molecule is CC(C)(C1=N[C@@](C)(C(=O)O)CS1)[C@H](O)C1CSC([C@H]2CSC(c3ccccc3O)=N2)N1. The number of phenolic OH excluding ortho intramolecular Hbond substituents is 1. The number of aromatic hydroxyl groups is 1. The Balaban J connectivity index is 1.43. The van der Waals surface area contributed by atoms with E-state index in [0.29, 0.717) is 10.8 Å². The van der Waals surface area contributed by atoms with E-state index < -0.39 is 23.0 Å². The van der Waals surface area contributed by atoms with E-state index >= 15 is 0 Å². The molecule has 1 aromatic rings. The Morgan fingerprint density at radius 1 is 1.29 bits per heavy atom. The number of aliphatic hydroxyl groups excluding tert-OH is 1. The van der Waals surface area contributed by atoms with Crippen molar-refractivity contribution in [3.63, 3.8) is 0 Å². The molecule has 0 bridgehead atoms. The van der Waals surface area contributed by atoms with Crippen LogP contribution in [0.2, 0.25) is 0 Å². The molecule has 5 atom stereocenters. The molecule has 0 spiro atoms. The second-order valence-corrected chi connectivity index (χ2v) is 12.0. The molecule has 3 heterocycles. The molecule has 0 amide bonds. The van der Waals surface area contributed by atoms with E-state index in [1.54, 1.807) is 42.6 Å². The van der Waals surface area contributed by atoms with Gasteiger partial charge in [-0.25, -0.2) is 4.79 Å². The molecule has 3 aliphatic heterocycles. The highest BCUT2D eigenvalue weighted by Gasteiger charge is 2.48. The van der Waals surface area contributed by atoms with Crippen molar-refractivity contribution in [1.29, 1.82) is 0 Å². The van der Waals surface area contributed by atoms with Crippen LogP contribution in [0.15, 0.2) is 34.3 Å². The Kier molecular flexibility index (Phi) is 6.39. The first-order valence-corrected chi connectivity index (χ1v) is 13.1. The van der Waals surface area contributed by atoms with Crippen LogP contribution >= 0.6 is 35.3 Å². The molecule has 0 radical (unpaired) electrons. The number of phenols is 1. The summed E-state index contributed by atoms with van der Waals surface area (Å²) in [5.41, 5.74) is -1.03. The summed E-state index contributed by atoms with van der Waals surface area (Å²) >= 11 is 4.81. The summed E-state index contributed by atoms with van der Waals surface area (Å²) in [6.07, 6.45) is -0.705. The highest BCUT2D eigenvalue weighted by Crippen LogP contribution is 2.41. The Labute approximate surface area is 194 Å². The van der Waals surface area contributed by atoms with Gasteiger partial charge in [0.2, 0.25) is 0 Å². The standard InChI is InChI=1S/C21H27N3O4S3/c1-20(2,18-24-21(3,10-31-18)19(27)28)15(26)12-8-30-17(22-12)13-9-29-16(23-13)11-6-4-5-7-14(11)25/h4-7,12-13,15,17,22,25-26H,8-10H2,1-3H3,(H,27,28)/t12?,13-,15-,17?,21-/m1/s1. The molecule has 3 aliphatic rings. The number of carboxylic acids is 1. The minimum absolute atomic E-state index is 0.0541. The fourth-order valence-corrected chi connectivity index (χ4v) is 7.80. The Bertz CT molecular complexity index is 938. The van der Waals surface area contributed by atoms with Crippen LogP contribution in [-0.2, 0) is 4.79 Å². The van der Waals surface area contributed by atoms with Crippen molar-refractivity contribution in [2.24, 2.45) is 15.4 Å². The molecular formula is C21H27N3O4S3. The summed E-state index contributed by atoms with van der Waals surface area (Å²) < 4.78 is 0. The van der Waals surface area contributed by atoms with Crippen LogP contribution in [0.1, 0.15) is 26.3 Å². The van der Waals surface area contributed by atoms with E-state index in [4.69, 9.17) is 4.99 Å². The number of nitrogens with zero attached hydrogens (tertiary/aromatic N) is 2. The average Bonchev–Trinajstić information content (AvgIpc) is 3.47. The summed E-state index contributed by atoms with van der Waals surface area (Å²) in [6, 6.07) is 7.14. The predicted octanol–water partition coefficient (Wildman–Crippen LogP) is 2.66. The van der Waals surface area contributed by atoms with Gasteiger partial charge < -0.3 is 15.3 Å². The van der Waals surface area contributed by atoms with Gasteiger partial charge in [-0.1, -0.05) is 26.0 Å². The first-order valence-electron chi connectivity index (χ1n) is 10.1. The number of rotatable bonds is 6. The lowest BCUT2D eigenvalue weighted by Crippen LogP contribution is -2.51. The number of para-hydroxylation sites is 1. The lowest BCUT2D eigenvalue weighted by atomic mass is 9.83. The number of aliphatic hydroxyl groups is 1. The summed E-state index contributed by atoms with van der Waals surface area (Å²) in [4.78, 5) is 20.8. The summed E-state index contributed by atoms with van der Waals surface area (Å²) in [5, 5.41) is 35.9. The third-order valence-corrected chi connectivity index (χ3v) is 10.0. The maximum Gasteiger partial charge on any atom is 0.332 e. The highest BCUT2D eigenvalue weighted by molar-refractivity contribution is 8.15. The average molecular weight is 482 g/mol. The summed E-state index contributed by atoms with van der Waals surface area (Å²) in [7, 11) is 0. The van der Waals surface area contributed by atoms with E-state index in [-0.39, 0.29) is 23.2 Å². The van der Waals surface area contributed by atoms with Crippen LogP contribution < -0.4 is 5.32 Å². The zero-order valence-corrected chi connectivity index (χ0v) is 20.1. The molecule has 0 saturated carbocycles. The van der Waals surface area contributed by atoms with Crippen molar-refractivity contribution in [3.8, 4) is 5.75 Å². The van der Waals surface area contributed by atoms with Crippen LogP contribution in [0.4, 0.5) is 0 Å². The van der Waals surface area contributed by atoms with E-state index in [9.17, 15) is 20.1 Å². The van der Waals surface area contributed by atoms with Crippen LogP contribution in [0.25, 0.3) is 0 Å². The normalized spacial score (nSPS) is 32.1. The summed E-state index contributed by atoms with van der Waals surface area (Å²) in [5.74, 6) is 1.24. The molecule has 10 heteroatoms. The molecule has 2 unspecified atom stereocenters. The number of nitrogens with one attached hydrogen (secondary N) is 1. The van der Waals surface area contributed by atoms with Crippen LogP contribution in [-0.4, -0.2) is 77.7 Å². The molecule has 1 saturated heterocycles. The van der Waals surface area contributed by atoms with E-state index in [0.717, 1.165) is 22.1 Å². The predicted molar refractivity (Wildman–Crippen MR) is 130 cm³/mol. The molecule has 0 aromatic heterocycles. The molecule has 1 aromatic carbocycles. The second-order valence-electron chi connectivity index (χ2n) is 8.81. The molecule has 1 fully saturated rings. The Morgan fingerprint density at radius 2 is 2.03 bits per heavy atom. The quantitative estimate of drug-likeness (QED) is 0.490. The number of thioether (sulfide) groups is 3. The number of aliphatic carboxylic acids is 1. The van der Waals surface area contributed by atoms with Crippen LogP contribution in [0.5, 0.6) is 5.75 Å². The topological polar surface area (TPSA) is 115 Å². The largest absolute Gasteiger partial charge is 0.507 e. The second kappa shape index (κ2) is 8.62. The van der Waals surface area contributed by atoms with Crippen molar-refractivity contribution in [3.05, 3.63) is 29.8 Å². The maximum atomic E-state index is 11.5. The first-order chi connectivity index (χ1) is 14.6. The van der Waals surface area contributed by atoms with Gasteiger partial charge in [-0.05, 0) is 19.1 Å². The Hall–Kier alpha value is -1.20. The molecular weight excluding hydrogens is 454 g/mol. The van der Waals surface area contributed by atoms with Gasteiger partial charge >= 0.3 is 5.97 Å². The van der Waals surface area contributed by atoms with Gasteiger partial charge in [0.1, 0.15) is 10.8 Å². The van der Waals surface area contributed by atoms with Gasteiger partial charge in [0.15, 0.2) is 5.54 Å². The molecule has 31 heavy (non-hydrogen) atoms. The lowest BCUT2D eigenvalue weighted by Gasteiger charge is -2.34. The van der Waals surface area contributed by atoms with E-state index in [2.05, 4.69) is 10.3 Å². The summed E-state index contributed by atoms with van der Waals surface area (Å²) in [6.45, 7) is 5.47. The lowest BCUT2D eigenvalue weighted by molar-refractivity contribution is -0.141. The maximum absolute atomic E-state index is 11.5. The van der Waals surface area contributed by atoms with Crippen molar-refractivity contribution in [2.45, 2.75) is 49.9 Å². The van der Waals surface area contributed by atoms with Crippen molar-refractivity contribution >= 4 is 51.3 Å². The molecule has 7 nitrogen and oxygen atoms in total. The molecule has 4 N–H and O–H groups in total. The third kappa shape index (κ3) is 4.37. The smallest absolute Gasteiger partial charge is 0.332 e. The monoisotopic (exact) mass is 481 g/mol. The minimum atomic E-state index is -1.13. The number of aliphatic imine (C=N–C) groups is 2. The fraction of sp³-hybridized carbons (Fsp3) is 0.571. The minimum Gasteiger partial charge on any atom is -0.507 e. The van der Waals surface area contributed by atoms with Crippen LogP contribution in [0.3, 0.4) is 0 Å². The highest BCUT2D eigenvalue weighted by atomic mass is 32.2. The van der Waals surface area contributed by atoms with Crippen molar-refractivity contribution in [1.82, 2.24) is 5.32 Å². The zero-order valence-electron chi connectivity index (χ0n) is 17.6. The zero-order chi connectivity index (χ0) is 22.4. The number of hydrogen-bond acceptors (Lipinski definition) is 9. The van der Waals surface area contributed by atoms with Crippen LogP contribution in [0, 0.1) is 5.41 Å². The number of benzene rings is 1. The van der Waals surface area contributed by atoms with Gasteiger partial charge in [-0.2, -0.15) is 0 Å². The van der Waals surface area contributed by atoms with Gasteiger partial charge in [-0.3, -0.25) is 15.3 Å².